The number of fused-ring (bicyclic) bond motifs is 4. The molecule has 6 fully saturated rings. The minimum atomic E-state index is -4.26. The van der Waals surface area contributed by atoms with Gasteiger partial charge in [0.1, 0.15) is 12.5 Å². The van der Waals surface area contributed by atoms with E-state index in [0.29, 0.717) is 31.7 Å². The third-order valence-corrected chi connectivity index (χ3v) is 14.4. The van der Waals surface area contributed by atoms with Crippen LogP contribution in [0.2, 0.25) is 0 Å². The first kappa shape index (κ1) is 33.2. The molecular weight excluding hydrogens is 617 g/mol. The van der Waals surface area contributed by atoms with Gasteiger partial charge in [-0.05, 0) is 112 Å². The highest BCUT2D eigenvalue weighted by molar-refractivity contribution is 7.90. The standard InChI is InChI=1S/C34H51F3N4O4S/c1-21-5-3-6-22(2)30(21)28-12-29-39-31(38-28)40-46(43,44)27-8-4-7-23(11-27)18-41(25-15-32(16-25)13-24(14-32)19-42)26(20-45-29)17-33(9-10-33)34(35,36)37/h3,5-6,23-29,31,38-40,42H,4,7-20H2,1-2H3/t23?,24?,25?,26-,27?,28?,29?,31?,32?/m1/s1. The molecule has 7 rings (SSSR count). The number of benzene rings is 1. The van der Waals surface area contributed by atoms with Crippen molar-refractivity contribution in [1.82, 2.24) is 20.3 Å². The summed E-state index contributed by atoms with van der Waals surface area (Å²) in [5.41, 5.74) is 1.80. The van der Waals surface area contributed by atoms with Gasteiger partial charge in [-0.2, -0.15) is 17.9 Å². The molecule has 5 unspecified atom stereocenters. The highest BCUT2D eigenvalue weighted by Gasteiger charge is 2.64. The SMILES string of the molecule is Cc1cccc(C)c1C1CC2NC(N1)NS(=O)(=O)C1CCCC(C1)CN(C1CC3(CC(CO)C3)C1)[C@H](CC1(C(F)(F)F)CC1)CO2. The fraction of sp³-hybridized carbons (Fsp3) is 0.824. The Kier molecular flexibility index (Phi) is 8.85. The largest absolute Gasteiger partial charge is 0.396 e. The van der Waals surface area contributed by atoms with Crippen LogP contribution < -0.4 is 15.4 Å². The Morgan fingerprint density at radius 1 is 1.04 bits per heavy atom. The van der Waals surface area contributed by atoms with Gasteiger partial charge in [-0.15, -0.1) is 0 Å². The lowest BCUT2D eigenvalue weighted by Crippen LogP contribution is -2.64. The van der Waals surface area contributed by atoms with E-state index in [1.165, 1.54) is 0 Å². The van der Waals surface area contributed by atoms with Crippen molar-refractivity contribution in [3.63, 3.8) is 0 Å². The van der Waals surface area contributed by atoms with Gasteiger partial charge in [-0.25, -0.2) is 8.42 Å². The molecule has 4 saturated carbocycles. The van der Waals surface area contributed by atoms with Gasteiger partial charge < -0.3 is 9.84 Å². The molecule has 258 valence electrons. The first-order valence-corrected chi connectivity index (χ1v) is 19.0. The molecule has 1 spiro atoms. The van der Waals surface area contributed by atoms with Crippen LogP contribution in [0.15, 0.2) is 18.2 Å². The van der Waals surface area contributed by atoms with Crippen LogP contribution in [-0.4, -0.2) is 74.2 Å². The van der Waals surface area contributed by atoms with Crippen LogP contribution in [0.4, 0.5) is 13.2 Å². The van der Waals surface area contributed by atoms with Gasteiger partial charge in [0.05, 0.1) is 17.3 Å². The number of alkyl halides is 3. The maximum absolute atomic E-state index is 14.5. The van der Waals surface area contributed by atoms with Crippen molar-refractivity contribution < 1.29 is 31.4 Å². The summed E-state index contributed by atoms with van der Waals surface area (Å²) in [7, 11) is -3.70. The van der Waals surface area contributed by atoms with E-state index in [1.54, 1.807) is 0 Å². The molecule has 1 aromatic carbocycles. The summed E-state index contributed by atoms with van der Waals surface area (Å²) in [6.07, 6.45) is 1.83. The number of nitrogens with one attached hydrogen (secondary N) is 3. The first-order chi connectivity index (χ1) is 21.8. The van der Waals surface area contributed by atoms with Crippen LogP contribution in [0.3, 0.4) is 0 Å². The minimum Gasteiger partial charge on any atom is -0.396 e. The van der Waals surface area contributed by atoms with Gasteiger partial charge in [-0.3, -0.25) is 15.5 Å². The maximum Gasteiger partial charge on any atom is 0.394 e. The van der Waals surface area contributed by atoms with Crippen LogP contribution >= 0.6 is 0 Å². The van der Waals surface area contributed by atoms with E-state index in [4.69, 9.17) is 4.74 Å². The molecule has 12 heteroatoms. The number of sulfonamides is 1. The molecule has 0 aromatic heterocycles. The predicted molar refractivity (Wildman–Crippen MR) is 169 cm³/mol. The second-order valence-electron chi connectivity index (χ2n) is 15.9. The van der Waals surface area contributed by atoms with Crippen LogP contribution in [-0.2, 0) is 14.8 Å². The van der Waals surface area contributed by atoms with Crippen molar-refractivity contribution in [2.75, 3.05) is 19.8 Å². The van der Waals surface area contributed by atoms with E-state index in [2.05, 4.69) is 20.3 Å². The molecule has 0 radical (unpaired) electrons. The summed E-state index contributed by atoms with van der Waals surface area (Å²) in [5.74, 6) is 0.418. The van der Waals surface area contributed by atoms with Crippen LogP contribution in [0, 0.1) is 36.5 Å². The Morgan fingerprint density at radius 2 is 1.76 bits per heavy atom. The van der Waals surface area contributed by atoms with Gasteiger partial charge in [0.15, 0.2) is 0 Å². The van der Waals surface area contributed by atoms with Crippen molar-refractivity contribution in [1.29, 1.82) is 0 Å². The van der Waals surface area contributed by atoms with Gasteiger partial charge in [0.25, 0.3) is 0 Å². The number of hydrogen-bond donors (Lipinski definition) is 4. The number of nitrogens with zero attached hydrogens (tertiary/aromatic N) is 1. The van der Waals surface area contributed by atoms with Gasteiger partial charge in [0, 0.05) is 37.7 Å². The zero-order chi connectivity index (χ0) is 32.5. The minimum absolute atomic E-state index is 0.0146. The molecule has 6 atom stereocenters. The summed E-state index contributed by atoms with van der Waals surface area (Å²) in [4.78, 5) is 2.33. The van der Waals surface area contributed by atoms with E-state index < -0.39 is 45.4 Å². The van der Waals surface area contributed by atoms with Crippen LogP contribution in [0.1, 0.15) is 99.8 Å². The van der Waals surface area contributed by atoms with E-state index >= 15 is 0 Å². The highest BCUT2D eigenvalue weighted by atomic mass is 32.2. The molecule has 4 aliphatic carbocycles. The molecule has 6 aliphatic rings. The molecule has 1 aromatic rings. The van der Waals surface area contributed by atoms with E-state index in [1.807, 2.05) is 32.0 Å². The molecule has 8 nitrogen and oxygen atoms in total. The molecule has 46 heavy (non-hydrogen) atoms. The molecule has 4 N–H and O–H groups in total. The summed E-state index contributed by atoms with van der Waals surface area (Å²) in [6.45, 7) is 5.04. The number of halogens is 3. The first-order valence-electron chi connectivity index (χ1n) is 17.4. The summed E-state index contributed by atoms with van der Waals surface area (Å²) < 4.78 is 80.6. The zero-order valence-corrected chi connectivity index (χ0v) is 27.9. The van der Waals surface area contributed by atoms with Crippen LogP contribution in [0.5, 0.6) is 0 Å². The number of aliphatic hydroxyl groups excluding tert-OH is 1. The molecular formula is C34H51F3N4O4S. The Labute approximate surface area is 271 Å². The van der Waals surface area contributed by atoms with Gasteiger partial charge in [0.2, 0.25) is 10.0 Å². The molecule has 2 heterocycles. The average molecular weight is 669 g/mol. The van der Waals surface area contributed by atoms with Gasteiger partial charge in [-0.1, -0.05) is 24.6 Å². The van der Waals surface area contributed by atoms with Crippen molar-refractivity contribution in [2.24, 2.45) is 22.7 Å². The fourth-order valence-corrected chi connectivity index (χ4v) is 11.6. The number of aryl methyl sites for hydroxylation is 2. The summed E-state index contributed by atoms with van der Waals surface area (Å²) >= 11 is 0. The normalized spacial score (nSPS) is 40.9. The Morgan fingerprint density at radius 3 is 2.41 bits per heavy atom. The Bertz CT molecular complexity index is 1350. The Balaban J connectivity index is 1.21. The monoisotopic (exact) mass is 668 g/mol. The van der Waals surface area contributed by atoms with Crippen molar-refractivity contribution in [3.05, 3.63) is 34.9 Å². The van der Waals surface area contributed by atoms with Crippen molar-refractivity contribution in [2.45, 2.75) is 133 Å². The van der Waals surface area contributed by atoms with Crippen molar-refractivity contribution >= 4 is 10.0 Å². The second-order valence-corrected chi connectivity index (χ2v) is 17.8. The zero-order valence-electron chi connectivity index (χ0n) is 27.1. The maximum atomic E-state index is 14.5. The smallest absolute Gasteiger partial charge is 0.394 e. The molecule has 2 saturated heterocycles. The van der Waals surface area contributed by atoms with E-state index in [9.17, 15) is 26.7 Å². The topological polar surface area (TPSA) is 103 Å². The third kappa shape index (κ3) is 6.41. The van der Waals surface area contributed by atoms with E-state index in [0.717, 1.165) is 55.2 Å². The van der Waals surface area contributed by atoms with Gasteiger partial charge >= 0.3 is 6.18 Å². The number of rotatable bonds is 5. The van der Waals surface area contributed by atoms with Crippen LogP contribution in [0.25, 0.3) is 0 Å². The molecule has 2 aliphatic heterocycles. The third-order valence-electron chi connectivity index (χ3n) is 12.5. The summed E-state index contributed by atoms with van der Waals surface area (Å²) in [6, 6.07) is 5.62. The lowest BCUT2D eigenvalue weighted by Gasteiger charge is -2.61. The predicted octanol–water partition coefficient (Wildman–Crippen LogP) is 5.00. The molecule has 0 amide bonds. The number of aliphatic hydroxyl groups is 1. The quantitative estimate of drug-likeness (QED) is 0.351. The number of hydrogen-bond acceptors (Lipinski definition) is 7. The highest BCUT2D eigenvalue weighted by Crippen LogP contribution is 2.63. The average Bonchev–Trinajstić information content (AvgIpc) is 3.74. The second kappa shape index (κ2) is 12.2. The Hall–Kier alpha value is -1.28. The van der Waals surface area contributed by atoms with Crippen molar-refractivity contribution in [3.8, 4) is 0 Å². The lowest BCUT2D eigenvalue weighted by atomic mass is 9.49. The molecule has 4 bridgehead atoms. The lowest BCUT2D eigenvalue weighted by molar-refractivity contribution is -0.199. The van der Waals surface area contributed by atoms with E-state index in [-0.39, 0.29) is 55.9 Å². The summed E-state index contributed by atoms with van der Waals surface area (Å²) in [5, 5.41) is 15.9. The number of ether oxygens (including phenoxy) is 1. The fourth-order valence-electron chi connectivity index (χ4n) is 9.90.